The second kappa shape index (κ2) is 7.51. The number of hydrogen-bond acceptors (Lipinski definition) is 5. The quantitative estimate of drug-likeness (QED) is 0.736. The Morgan fingerprint density at radius 3 is 2.35 bits per heavy atom. The van der Waals surface area contributed by atoms with Crippen LogP contribution >= 0.6 is 15.9 Å². The number of hydrogen-bond donors (Lipinski definition) is 1. The van der Waals surface area contributed by atoms with Crippen LogP contribution in [0.4, 0.5) is 0 Å². The summed E-state index contributed by atoms with van der Waals surface area (Å²) in [5.74, 6) is -0.884. The summed E-state index contributed by atoms with van der Waals surface area (Å²) in [6.07, 6.45) is -0.120. The fourth-order valence-corrected chi connectivity index (χ4v) is 2.58. The Labute approximate surface area is 125 Å². The highest BCUT2D eigenvalue weighted by Crippen LogP contribution is 2.14. The second-order valence-corrected chi connectivity index (χ2v) is 6.58. The monoisotopic (exact) mass is 363 g/mol. The van der Waals surface area contributed by atoms with Crippen LogP contribution in [0, 0.1) is 0 Å². The van der Waals surface area contributed by atoms with E-state index in [1.54, 1.807) is 12.1 Å². The number of nitrogens with one attached hydrogen (secondary N) is 1. The zero-order valence-electron chi connectivity index (χ0n) is 10.8. The van der Waals surface area contributed by atoms with E-state index in [0.717, 1.165) is 4.47 Å². The summed E-state index contributed by atoms with van der Waals surface area (Å²) < 4.78 is 31.1. The molecule has 0 bridgehead atoms. The fraction of sp³-hybridized carbons (Fsp3) is 0.333. The number of halogens is 1. The Kier molecular flexibility index (Phi) is 6.31. The van der Waals surface area contributed by atoms with E-state index in [0.29, 0.717) is 0 Å². The molecule has 0 atom stereocenters. The number of rotatable bonds is 7. The number of sulfonamides is 1. The van der Waals surface area contributed by atoms with E-state index < -0.39 is 16.0 Å². The predicted octanol–water partition coefficient (Wildman–Crippen LogP) is 1.25. The number of carbonyl (C=O) groups excluding carboxylic acids is 2. The maximum atomic E-state index is 11.9. The number of methoxy groups -OCH3 is 1. The molecule has 0 aliphatic rings. The van der Waals surface area contributed by atoms with Crippen molar-refractivity contribution in [1.29, 1.82) is 0 Å². The van der Waals surface area contributed by atoms with Gasteiger partial charge in [0.25, 0.3) is 0 Å². The molecule has 110 valence electrons. The van der Waals surface area contributed by atoms with Gasteiger partial charge in [-0.2, -0.15) is 0 Å². The van der Waals surface area contributed by atoms with Gasteiger partial charge in [-0.1, -0.05) is 15.9 Å². The van der Waals surface area contributed by atoms with Crippen molar-refractivity contribution in [3.63, 3.8) is 0 Å². The van der Waals surface area contributed by atoms with Crippen LogP contribution in [0.3, 0.4) is 0 Å². The van der Waals surface area contributed by atoms with Crippen LogP contribution in [-0.2, 0) is 24.3 Å². The van der Waals surface area contributed by atoms with E-state index in [1.807, 2.05) is 0 Å². The first kappa shape index (κ1) is 16.8. The minimum atomic E-state index is -3.72. The van der Waals surface area contributed by atoms with E-state index in [2.05, 4.69) is 25.4 Å². The van der Waals surface area contributed by atoms with E-state index >= 15 is 0 Å². The van der Waals surface area contributed by atoms with Crippen molar-refractivity contribution in [1.82, 2.24) is 4.72 Å². The molecule has 1 rings (SSSR count). The van der Waals surface area contributed by atoms with E-state index in [-0.39, 0.29) is 30.1 Å². The Morgan fingerprint density at radius 2 is 1.80 bits per heavy atom. The van der Waals surface area contributed by atoms with E-state index in [4.69, 9.17) is 0 Å². The van der Waals surface area contributed by atoms with Gasteiger partial charge < -0.3 is 4.74 Å². The zero-order valence-corrected chi connectivity index (χ0v) is 13.2. The average Bonchev–Trinajstić information content (AvgIpc) is 2.43. The lowest BCUT2D eigenvalue weighted by Gasteiger charge is -2.06. The predicted molar refractivity (Wildman–Crippen MR) is 75.6 cm³/mol. The van der Waals surface area contributed by atoms with Crippen LogP contribution in [0.15, 0.2) is 33.6 Å². The molecule has 1 aromatic rings. The molecule has 1 aromatic carbocycles. The summed E-state index contributed by atoms with van der Waals surface area (Å²) in [6.45, 7) is -0.352. The van der Waals surface area contributed by atoms with Crippen molar-refractivity contribution >= 4 is 37.7 Å². The minimum absolute atomic E-state index is 0.0600. The molecule has 0 fully saturated rings. The molecule has 0 aliphatic carbocycles. The summed E-state index contributed by atoms with van der Waals surface area (Å²) in [4.78, 5) is 22.4. The number of carbonyl (C=O) groups is 2. The van der Waals surface area contributed by atoms with Gasteiger partial charge in [0.2, 0.25) is 10.0 Å². The van der Waals surface area contributed by atoms with Gasteiger partial charge in [-0.3, -0.25) is 9.59 Å². The smallest absolute Gasteiger partial charge is 0.305 e. The third-order valence-corrected chi connectivity index (χ3v) is 4.36. The van der Waals surface area contributed by atoms with Gasteiger partial charge in [0, 0.05) is 10.9 Å². The number of benzene rings is 1. The lowest BCUT2D eigenvalue weighted by atomic mass is 10.2. The number of ketones is 1. The average molecular weight is 364 g/mol. The van der Waals surface area contributed by atoms with Gasteiger partial charge in [0.05, 0.1) is 25.0 Å². The SMILES string of the molecule is COC(=O)CCC(=O)CNS(=O)(=O)c1ccc(Br)cc1. The molecule has 20 heavy (non-hydrogen) atoms. The Bertz CT molecular complexity index is 582. The van der Waals surface area contributed by atoms with Gasteiger partial charge in [0.1, 0.15) is 5.78 Å². The first-order valence-electron chi connectivity index (χ1n) is 5.69. The Balaban J connectivity index is 2.53. The van der Waals surface area contributed by atoms with E-state index in [1.165, 1.54) is 19.2 Å². The Morgan fingerprint density at radius 1 is 1.20 bits per heavy atom. The summed E-state index contributed by atoms with van der Waals surface area (Å²) in [7, 11) is -2.50. The molecule has 0 spiro atoms. The van der Waals surface area contributed by atoms with Crippen LogP contribution in [0.5, 0.6) is 0 Å². The van der Waals surface area contributed by atoms with Crippen molar-refractivity contribution in [2.45, 2.75) is 17.7 Å². The molecule has 0 saturated carbocycles. The topological polar surface area (TPSA) is 89.5 Å². The summed E-state index contributed by atoms with van der Waals surface area (Å²) in [5.41, 5.74) is 0. The molecule has 0 heterocycles. The molecule has 1 N–H and O–H groups in total. The number of Topliss-reactive ketones (excluding diaryl/α,β-unsaturated/α-hetero) is 1. The lowest BCUT2D eigenvalue weighted by molar-refractivity contribution is -0.141. The highest BCUT2D eigenvalue weighted by molar-refractivity contribution is 9.10. The highest BCUT2D eigenvalue weighted by atomic mass is 79.9. The second-order valence-electron chi connectivity index (χ2n) is 3.89. The maximum Gasteiger partial charge on any atom is 0.305 e. The summed E-state index contributed by atoms with van der Waals surface area (Å²) >= 11 is 3.20. The van der Waals surface area contributed by atoms with Gasteiger partial charge in [0.15, 0.2) is 0 Å². The van der Waals surface area contributed by atoms with Crippen molar-refractivity contribution in [2.75, 3.05) is 13.7 Å². The third-order valence-electron chi connectivity index (χ3n) is 2.42. The molecular weight excluding hydrogens is 350 g/mol. The van der Waals surface area contributed by atoms with Gasteiger partial charge in [-0.25, -0.2) is 13.1 Å². The number of ether oxygens (including phenoxy) is 1. The van der Waals surface area contributed by atoms with Gasteiger partial charge in [-0.05, 0) is 24.3 Å². The normalized spacial score (nSPS) is 11.1. The standard InChI is InChI=1S/C12H14BrNO5S/c1-19-12(16)7-4-10(15)8-14-20(17,18)11-5-2-9(13)3-6-11/h2-3,5-6,14H,4,7-8H2,1H3. The Hall–Kier alpha value is -1.25. The maximum absolute atomic E-state index is 11.9. The molecule has 0 aliphatic heterocycles. The molecule has 0 amide bonds. The van der Waals surface area contributed by atoms with Gasteiger partial charge >= 0.3 is 5.97 Å². The summed E-state index contributed by atoms with van der Waals surface area (Å²) in [5, 5.41) is 0. The largest absolute Gasteiger partial charge is 0.469 e. The molecular formula is C12H14BrNO5S. The lowest BCUT2D eigenvalue weighted by Crippen LogP contribution is -2.29. The number of esters is 1. The minimum Gasteiger partial charge on any atom is -0.469 e. The van der Waals surface area contributed by atoms with Gasteiger partial charge in [-0.15, -0.1) is 0 Å². The van der Waals surface area contributed by atoms with Crippen LogP contribution in [0.1, 0.15) is 12.8 Å². The molecule has 0 unspecified atom stereocenters. The molecule has 0 radical (unpaired) electrons. The molecule has 6 nitrogen and oxygen atoms in total. The zero-order chi connectivity index (χ0) is 15.2. The first-order chi connectivity index (χ1) is 9.35. The van der Waals surface area contributed by atoms with E-state index in [9.17, 15) is 18.0 Å². The van der Waals surface area contributed by atoms with Crippen LogP contribution < -0.4 is 4.72 Å². The van der Waals surface area contributed by atoms with Crippen molar-refractivity contribution < 1.29 is 22.7 Å². The molecule has 0 aromatic heterocycles. The molecule has 8 heteroatoms. The van der Waals surface area contributed by atoms with Crippen molar-refractivity contribution in [3.05, 3.63) is 28.7 Å². The summed E-state index contributed by atoms with van der Waals surface area (Å²) in [6, 6.07) is 6.03. The van der Waals surface area contributed by atoms with Crippen LogP contribution in [-0.4, -0.2) is 33.8 Å². The molecule has 0 saturated heterocycles. The van der Waals surface area contributed by atoms with Crippen LogP contribution in [0.25, 0.3) is 0 Å². The highest BCUT2D eigenvalue weighted by Gasteiger charge is 2.15. The van der Waals surface area contributed by atoms with Crippen molar-refractivity contribution in [2.24, 2.45) is 0 Å². The third kappa shape index (κ3) is 5.40. The van der Waals surface area contributed by atoms with Crippen molar-refractivity contribution in [3.8, 4) is 0 Å². The van der Waals surface area contributed by atoms with Crippen LogP contribution in [0.2, 0.25) is 0 Å². The fourth-order valence-electron chi connectivity index (χ4n) is 1.30. The first-order valence-corrected chi connectivity index (χ1v) is 7.96.